The van der Waals surface area contributed by atoms with Crippen LogP contribution in [0.3, 0.4) is 0 Å². The molecule has 1 heterocycles. The molecule has 3 N–H and O–H groups in total. The van der Waals surface area contributed by atoms with Gasteiger partial charge in [-0.15, -0.1) is 13.2 Å². The molecule has 0 radical (unpaired) electrons. The lowest BCUT2D eigenvalue weighted by Gasteiger charge is -2.30. The van der Waals surface area contributed by atoms with E-state index in [9.17, 15) is 13.2 Å². The molecule has 4 nitrogen and oxygen atoms in total. The fraction of sp³-hybridized carbons (Fsp3) is 0.562. The molecule has 1 aromatic rings. The van der Waals surface area contributed by atoms with Crippen molar-refractivity contribution in [3.05, 3.63) is 24.3 Å². The van der Waals surface area contributed by atoms with E-state index in [0.717, 1.165) is 25.9 Å². The van der Waals surface area contributed by atoms with Crippen molar-refractivity contribution >= 4 is 23.0 Å². The monoisotopic (exact) mass is 362 g/mol. The first-order chi connectivity index (χ1) is 11.4. The summed E-state index contributed by atoms with van der Waals surface area (Å²) >= 11 is 5.28. The zero-order valence-electron chi connectivity index (χ0n) is 13.6. The SMILES string of the molecule is CCC[NH+]1CCC(NC(=S)Nc2ccc(OC(F)(F)F)cc2)CC1. The second-order valence-corrected chi connectivity index (χ2v) is 6.35. The molecule has 0 amide bonds. The van der Waals surface area contributed by atoms with Crippen molar-refractivity contribution in [1.82, 2.24) is 5.32 Å². The van der Waals surface area contributed by atoms with Gasteiger partial charge in [0, 0.05) is 24.6 Å². The van der Waals surface area contributed by atoms with E-state index in [2.05, 4.69) is 22.3 Å². The maximum Gasteiger partial charge on any atom is 0.573 e. The van der Waals surface area contributed by atoms with Gasteiger partial charge < -0.3 is 20.3 Å². The molecule has 1 fully saturated rings. The van der Waals surface area contributed by atoms with Gasteiger partial charge in [0.2, 0.25) is 0 Å². The average Bonchev–Trinajstić information content (AvgIpc) is 2.50. The molecule has 0 bridgehead atoms. The number of ether oxygens (including phenoxy) is 1. The highest BCUT2D eigenvalue weighted by Crippen LogP contribution is 2.23. The van der Waals surface area contributed by atoms with Crippen molar-refractivity contribution in [2.24, 2.45) is 0 Å². The van der Waals surface area contributed by atoms with E-state index in [4.69, 9.17) is 12.2 Å². The zero-order chi connectivity index (χ0) is 17.6. The number of piperidine rings is 1. The summed E-state index contributed by atoms with van der Waals surface area (Å²) in [6.07, 6.45) is -1.35. The van der Waals surface area contributed by atoms with E-state index in [1.807, 2.05) is 0 Å². The minimum atomic E-state index is -4.68. The van der Waals surface area contributed by atoms with Crippen molar-refractivity contribution in [2.45, 2.75) is 38.6 Å². The molecule has 1 aliphatic heterocycles. The molecule has 0 saturated carbocycles. The molecular weight excluding hydrogens is 339 g/mol. The van der Waals surface area contributed by atoms with Gasteiger partial charge in [-0.05, 0) is 42.9 Å². The van der Waals surface area contributed by atoms with Crippen LogP contribution in [-0.2, 0) is 0 Å². The number of benzene rings is 1. The third-order valence-electron chi connectivity index (χ3n) is 3.98. The summed E-state index contributed by atoms with van der Waals surface area (Å²) in [6.45, 7) is 5.68. The summed E-state index contributed by atoms with van der Waals surface area (Å²) in [5.41, 5.74) is 0.621. The molecule has 0 aliphatic carbocycles. The number of alkyl halides is 3. The van der Waals surface area contributed by atoms with Crippen LogP contribution < -0.4 is 20.3 Å². The molecule has 0 atom stereocenters. The van der Waals surface area contributed by atoms with Crippen LogP contribution in [0.2, 0.25) is 0 Å². The lowest BCUT2D eigenvalue weighted by atomic mass is 10.1. The Morgan fingerprint density at radius 1 is 1.25 bits per heavy atom. The molecule has 1 aromatic carbocycles. The minimum Gasteiger partial charge on any atom is -0.406 e. The van der Waals surface area contributed by atoms with Gasteiger partial charge in [0.1, 0.15) is 5.75 Å². The van der Waals surface area contributed by atoms with Gasteiger partial charge in [-0.2, -0.15) is 0 Å². The van der Waals surface area contributed by atoms with Crippen LogP contribution in [0.4, 0.5) is 18.9 Å². The van der Waals surface area contributed by atoms with Crippen LogP contribution in [0.25, 0.3) is 0 Å². The topological polar surface area (TPSA) is 37.7 Å². The van der Waals surface area contributed by atoms with E-state index in [1.165, 1.54) is 37.2 Å². The summed E-state index contributed by atoms with van der Waals surface area (Å²) < 4.78 is 40.2. The van der Waals surface area contributed by atoms with Crippen LogP contribution in [0.5, 0.6) is 5.75 Å². The van der Waals surface area contributed by atoms with Crippen LogP contribution >= 0.6 is 12.2 Å². The third kappa shape index (κ3) is 6.52. The molecule has 1 saturated heterocycles. The molecule has 8 heteroatoms. The predicted molar refractivity (Wildman–Crippen MR) is 91.4 cm³/mol. The maximum absolute atomic E-state index is 12.1. The number of likely N-dealkylation sites (tertiary alicyclic amines) is 1. The van der Waals surface area contributed by atoms with Crippen LogP contribution in [-0.4, -0.2) is 37.2 Å². The summed E-state index contributed by atoms with van der Waals surface area (Å²) in [5.74, 6) is -0.252. The first kappa shape index (κ1) is 18.8. The third-order valence-corrected chi connectivity index (χ3v) is 4.20. The number of nitrogens with one attached hydrogen (secondary N) is 3. The minimum absolute atomic E-state index is 0.252. The molecular formula is C16H23F3N3OS+. The van der Waals surface area contributed by atoms with Gasteiger partial charge in [-0.25, -0.2) is 0 Å². The number of halogens is 3. The lowest BCUT2D eigenvalue weighted by Crippen LogP contribution is -3.13. The Kier molecular flexibility index (Phi) is 6.68. The van der Waals surface area contributed by atoms with E-state index in [0.29, 0.717) is 16.8 Å². The van der Waals surface area contributed by atoms with Crippen LogP contribution in [0.15, 0.2) is 24.3 Å². The summed E-state index contributed by atoms with van der Waals surface area (Å²) in [4.78, 5) is 1.63. The zero-order valence-corrected chi connectivity index (χ0v) is 14.4. The standard InChI is InChI=1S/C16H22F3N3OS/c1-2-9-22-10-7-13(8-11-22)21-15(24)20-12-3-5-14(6-4-12)23-16(17,18)19/h3-6,13H,2,7-11H2,1H3,(H2,20,21,24)/p+1. The predicted octanol–water partition coefficient (Wildman–Crippen LogP) is 2.33. The molecule has 0 spiro atoms. The summed E-state index contributed by atoms with van der Waals surface area (Å²) in [7, 11) is 0. The molecule has 0 aromatic heterocycles. The van der Waals surface area contributed by atoms with Gasteiger partial charge >= 0.3 is 6.36 Å². The molecule has 0 unspecified atom stereocenters. The van der Waals surface area contributed by atoms with E-state index < -0.39 is 6.36 Å². The Labute approximate surface area is 145 Å². The number of thiocarbonyl (C=S) groups is 1. The van der Waals surface area contributed by atoms with Crippen molar-refractivity contribution in [1.29, 1.82) is 0 Å². The van der Waals surface area contributed by atoms with Gasteiger partial charge in [-0.1, -0.05) is 6.92 Å². The van der Waals surface area contributed by atoms with Gasteiger partial charge in [-0.3, -0.25) is 0 Å². The molecule has 1 aliphatic rings. The first-order valence-corrected chi connectivity index (χ1v) is 8.53. The fourth-order valence-electron chi connectivity index (χ4n) is 2.87. The normalized spacial score (nSPS) is 21.2. The second kappa shape index (κ2) is 8.53. The molecule has 24 heavy (non-hydrogen) atoms. The average molecular weight is 362 g/mol. The number of hydrogen-bond acceptors (Lipinski definition) is 2. The quantitative estimate of drug-likeness (QED) is 0.703. The van der Waals surface area contributed by atoms with Crippen LogP contribution in [0, 0.1) is 0 Å². The van der Waals surface area contributed by atoms with Crippen molar-refractivity contribution in [2.75, 3.05) is 25.0 Å². The Balaban J connectivity index is 1.76. The maximum atomic E-state index is 12.1. The summed E-state index contributed by atoms with van der Waals surface area (Å²) in [6, 6.07) is 5.86. The fourth-order valence-corrected chi connectivity index (χ4v) is 3.15. The number of hydrogen-bond donors (Lipinski definition) is 3. The number of anilines is 1. The van der Waals surface area contributed by atoms with Gasteiger partial charge in [0.15, 0.2) is 5.11 Å². The smallest absolute Gasteiger partial charge is 0.406 e. The molecule has 2 rings (SSSR count). The Hall–Kier alpha value is -1.54. The highest BCUT2D eigenvalue weighted by atomic mass is 32.1. The Morgan fingerprint density at radius 3 is 2.42 bits per heavy atom. The van der Waals surface area contributed by atoms with Crippen molar-refractivity contribution < 1.29 is 22.8 Å². The van der Waals surface area contributed by atoms with Crippen LogP contribution in [0.1, 0.15) is 26.2 Å². The Morgan fingerprint density at radius 2 is 1.88 bits per heavy atom. The largest absolute Gasteiger partial charge is 0.573 e. The highest BCUT2D eigenvalue weighted by molar-refractivity contribution is 7.80. The lowest BCUT2D eigenvalue weighted by molar-refractivity contribution is -0.905. The number of rotatable bonds is 5. The van der Waals surface area contributed by atoms with Gasteiger partial charge in [0.25, 0.3) is 0 Å². The van der Waals surface area contributed by atoms with E-state index >= 15 is 0 Å². The molecule has 134 valence electrons. The van der Waals surface area contributed by atoms with E-state index in [-0.39, 0.29) is 5.75 Å². The van der Waals surface area contributed by atoms with Crippen molar-refractivity contribution in [3.63, 3.8) is 0 Å². The summed E-state index contributed by atoms with van der Waals surface area (Å²) in [5, 5.41) is 6.76. The highest BCUT2D eigenvalue weighted by Gasteiger charge is 2.31. The number of quaternary nitrogens is 1. The second-order valence-electron chi connectivity index (χ2n) is 5.94. The van der Waals surface area contributed by atoms with Crippen molar-refractivity contribution in [3.8, 4) is 5.75 Å². The van der Waals surface area contributed by atoms with E-state index in [1.54, 1.807) is 4.90 Å². The Bertz CT molecular complexity index is 528. The van der Waals surface area contributed by atoms with Gasteiger partial charge in [0.05, 0.1) is 19.6 Å². The first-order valence-electron chi connectivity index (χ1n) is 8.12.